The van der Waals surface area contributed by atoms with Gasteiger partial charge in [-0.05, 0) is 75.4 Å². The van der Waals surface area contributed by atoms with E-state index in [0.29, 0.717) is 36.5 Å². The van der Waals surface area contributed by atoms with Gasteiger partial charge in [0.1, 0.15) is 11.4 Å². The Morgan fingerprint density at radius 3 is 2.57 bits per heavy atom. The predicted molar refractivity (Wildman–Crippen MR) is 144 cm³/mol. The van der Waals surface area contributed by atoms with Crippen molar-refractivity contribution in [1.29, 1.82) is 0 Å². The number of piperidine rings is 1. The van der Waals surface area contributed by atoms with Gasteiger partial charge in [0.05, 0.1) is 13.0 Å². The Morgan fingerprint density at radius 2 is 1.86 bits per heavy atom. The van der Waals surface area contributed by atoms with E-state index < -0.39 is 15.9 Å². The predicted octanol–water partition coefficient (Wildman–Crippen LogP) is 5.13. The first-order valence-electron chi connectivity index (χ1n) is 12.3. The standard InChI is InChI=1S/C28H33N3O5S/c1-18-14-19(2)25(20(3)15-18)11-12-26-27(21(4)30-36-26)37(33,34)31-13-7-8-22(17-31)28(32)29-23-9-6-10-24(16-23)35-5/h6,9-12,14-16,22H,7-8,13,17H2,1-5H3,(H,29,32). The Bertz CT molecular complexity index is 1420. The Morgan fingerprint density at radius 1 is 1.14 bits per heavy atom. The molecule has 1 saturated heterocycles. The molecule has 1 atom stereocenters. The molecule has 1 aliphatic heterocycles. The van der Waals surface area contributed by atoms with Crippen molar-refractivity contribution in [2.75, 3.05) is 25.5 Å². The van der Waals surface area contributed by atoms with Crippen molar-refractivity contribution in [3.8, 4) is 5.75 Å². The van der Waals surface area contributed by atoms with Crippen LogP contribution in [0.15, 0.2) is 45.8 Å². The van der Waals surface area contributed by atoms with Crippen molar-refractivity contribution in [3.05, 3.63) is 70.1 Å². The first-order valence-corrected chi connectivity index (χ1v) is 13.7. The second-order valence-corrected chi connectivity index (χ2v) is 11.4. The van der Waals surface area contributed by atoms with E-state index in [0.717, 1.165) is 16.7 Å². The molecular formula is C28H33N3O5S. The van der Waals surface area contributed by atoms with Crippen molar-refractivity contribution in [3.63, 3.8) is 0 Å². The van der Waals surface area contributed by atoms with E-state index in [1.165, 1.54) is 9.87 Å². The zero-order valence-corrected chi connectivity index (χ0v) is 22.7. The third kappa shape index (κ3) is 5.78. The lowest BCUT2D eigenvalue weighted by atomic mass is 9.98. The number of nitrogens with zero attached hydrogens (tertiary/aromatic N) is 2. The summed E-state index contributed by atoms with van der Waals surface area (Å²) in [6, 6.07) is 11.2. The zero-order chi connectivity index (χ0) is 26.7. The van der Waals surface area contributed by atoms with Gasteiger partial charge in [0.15, 0.2) is 10.7 Å². The van der Waals surface area contributed by atoms with Crippen LogP contribution < -0.4 is 10.1 Å². The molecule has 3 aromatic rings. The van der Waals surface area contributed by atoms with Gasteiger partial charge in [0, 0.05) is 24.8 Å². The average Bonchev–Trinajstić information content (AvgIpc) is 3.24. The van der Waals surface area contributed by atoms with Crippen molar-refractivity contribution in [1.82, 2.24) is 9.46 Å². The van der Waals surface area contributed by atoms with Crippen molar-refractivity contribution in [2.24, 2.45) is 5.92 Å². The lowest BCUT2D eigenvalue weighted by molar-refractivity contribution is -0.120. The molecule has 1 aliphatic rings. The summed E-state index contributed by atoms with van der Waals surface area (Å²) in [6.07, 6.45) is 4.70. The first kappa shape index (κ1) is 26.6. The largest absolute Gasteiger partial charge is 0.497 e. The molecule has 0 aliphatic carbocycles. The van der Waals surface area contributed by atoms with Gasteiger partial charge < -0.3 is 14.6 Å². The number of hydrogen-bond donors (Lipinski definition) is 1. The molecule has 1 amide bonds. The molecule has 0 saturated carbocycles. The normalized spacial score (nSPS) is 16.7. The molecule has 1 N–H and O–H groups in total. The van der Waals surface area contributed by atoms with Crippen LogP contribution in [0.4, 0.5) is 5.69 Å². The van der Waals surface area contributed by atoms with Crippen LogP contribution in [-0.4, -0.2) is 44.0 Å². The second-order valence-electron chi connectivity index (χ2n) is 9.53. The molecule has 9 heteroatoms. The van der Waals surface area contributed by atoms with Crippen LogP contribution in [0.3, 0.4) is 0 Å². The number of rotatable bonds is 7. The summed E-state index contributed by atoms with van der Waals surface area (Å²) in [6.45, 7) is 8.12. The minimum Gasteiger partial charge on any atom is -0.497 e. The second kappa shape index (κ2) is 10.9. The van der Waals surface area contributed by atoms with Gasteiger partial charge in [-0.2, -0.15) is 4.31 Å². The molecule has 0 bridgehead atoms. The fraction of sp³-hybridized carbons (Fsp3) is 0.357. The number of methoxy groups -OCH3 is 1. The monoisotopic (exact) mass is 523 g/mol. The maximum atomic E-state index is 13.7. The van der Waals surface area contributed by atoms with E-state index in [4.69, 9.17) is 9.26 Å². The van der Waals surface area contributed by atoms with Gasteiger partial charge in [0.2, 0.25) is 15.9 Å². The number of aryl methyl sites for hydroxylation is 4. The lowest BCUT2D eigenvalue weighted by Gasteiger charge is -2.31. The molecule has 4 rings (SSSR count). The summed E-state index contributed by atoms with van der Waals surface area (Å²) < 4.78 is 39.5. The first-order chi connectivity index (χ1) is 17.6. The Balaban J connectivity index is 1.55. The molecule has 196 valence electrons. The Kier molecular flexibility index (Phi) is 7.85. The Hall–Kier alpha value is -3.43. The van der Waals surface area contributed by atoms with Crippen LogP contribution in [0, 0.1) is 33.6 Å². The van der Waals surface area contributed by atoms with E-state index in [9.17, 15) is 13.2 Å². The quantitative estimate of drug-likeness (QED) is 0.461. The molecule has 1 fully saturated rings. The van der Waals surface area contributed by atoms with Gasteiger partial charge in [-0.1, -0.05) is 35.0 Å². The van der Waals surface area contributed by atoms with Gasteiger partial charge >= 0.3 is 0 Å². The average molecular weight is 524 g/mol. The van der Waals surface area contributed by atoms with Crippen LogP contribution in [-0.2, 0) is 14.8 Å². The summed E-state index contributed by atoms with van der Waals surface area (Å²) in [5, 5.41) is 6.84. The third-order valence-electron chi connectivity index (χ3n) is 6.66. The number of amides is 1. The molecule has 2 heterocycles. The van der Waals surface area contributed by atoms with Crippen molar-refractivity contribution in [2.45, 2.75) is 45.4 Å². The number of hydrogen-bond acceptors (Lipinski definition) is 6. The topological polar surface area (TPSA) is 102 Å². The van der Waals surface area contributed by atoms with Gasteiger partial charge in [-0.3, -0.25) is 4.79 Å². The molecule has 0 spiro atoms. The van der Waals surface area contributed by atoms with Crippen molar-refractivity contribution < 1.29 is 22.5 Å². The number of nitrogens with one attached hydrogen (secondary N) is 1. The highest BCUT2D eigenvalue weighted by Gasteiger charge is 2.37. The van der Waals surface area contributed by atoms with E-state index in [-0.39, 0.29) is 23.1 Å². The summed E-state index contributed by atoms with van der Waals surface area (Å²) in [7, 11) is -2.38. The van der Waals surface area contributed by atoms with Crippen LogP contribution in [0.2, 0.25) is 0 Å². The fourth-order valence-corrected chi connectivity index (χ4v) is 6.63. The summed E-state index contributed by atoms with van der Waals surface area (Å²) in [4.78, 5) is 13.0. The summed E-state index contributed by atoms with van der Waals surface area (Å²) in [5.74, 6) is 0.109. The zero-order valence-electron chi connectivity index (χ0n) is 21.9. The van der Waals surface area contributed by atoms with E-state index in [1.807, 2.05) is 26.8 Å². The highest BCUT2D eigenvalue weighted by molar-refractivity contribution is 7.89. The highest BCUT2D eigenvalue weighted by atomic mass is 32.2. The summed E-state index contributed by atoms with van der Waals surface area (Å²) >= 11 is 0. The third-order valence-corrected chi connectivity index (χ3v) is 8.69. The highest BCUT2D eigenvalue weighted by Crippen LogP contribution is 2.30. The minimum atomic E-state index is -3.94. The number of ether oxygens (including phenoxy) is 1. The number of anilines is 1. The fourth-order valence-electron chi connectivity index (χ4n) is 4.86. The molecule has 8 nitrogen and oxygen atoms in total. The van der Waals surface area contributed by atoms with Crippen LogP contribution in [0.5, 0.6) is 5.75 Å². The van der Waals surface area contributed by atoms with Crippen LogP contribution in [0.25, 0.3) is 12.2 Å². The Labute approximate surface area is 218 Å². The molecular weight excluding hydrogens is 490 g/mol. The van der Waals surface area contributed by atoms with E-state index >= 15 is 0 Å². The van der Waals surface area contributed by atoms with E-state index in [2.05, 4.69) is 22.6 Å². The maximum Gasteiger partial charge on any atom is 0.248 e. The maximum absolute atomic E-state index is 13.7. The SMILES string of the molecule is COc1cccc(NC(=O)C2CCCN(S(=O)(=O)c3c(C)noc3C=Cc3c(C)cc(C)cc3C)C2)c1. The number of aromatic nitrogens is 1. The van der Waals surface area contributed by atoms with E-state index in [1.54, 1.807) is 44.4 Å². The number of carbonyl (C=O) groups excluding carboxylic acids is 1. The molecule has 1 aromatic heterocycles. The minimum absolute atomic E-state index is 0.0417. The molecule has 37 heavy (non-hydrogen) atoms. The molecule has 0 radical (unpaired) electrons. The molecule has 2 aromatic carbocycles. The van der Waals surface area contributed by atoms with Gasteiger partial charge in [0.25, 0.3) is 0 Å². The smallest absolute Gasteiger partial charge is 0.248 e. The summed E-state index contributed by atoms with van der Waals surface area (Å²) in [5.41, 5.74) is 5.26. The van der Waals surface area contributed by atoms with Gasteiger partial charge in [-0.25, -0.2) is 8.42 Å². The number of carbonyl (C=O) groups is 1. The molecule has 1 unspecified atom stereocenters. The van der Waals surface area contributed by atoms with Crippen LogP contribution >= 0.6 is 0 Å². The van der Waals surface area contributed by atoms with Crippen LogP contribution in [0.1, 0.15) is 46.5 Å². The number of sulfonamides is 1. The van der Waals surface area contributed by atoms with Crippen molar-refractivity contribution >= 4 is 33.8 Å². The number of benzene rings is 2. The van der Waals surface area contributed by atoms with Gasteiger partial charge in [-0.15, -0.1) is 0 Å². The lowest BCUT2D eigenvalue weighted by Crippen LogP contribution is -2.43.